The molecule has 1 aromatic rings. The van der Waals surface area contributed by atoms with Gasteiger partial charge in [-0.15, -0.1) is 0 Å². The number of carbonyl (C=O) groups is 1. The first kappa shape index (κ1) is 12.6. The van der Waals surface area contributed by atoms with Crippen molar-refractivity contribution in [3.05, 3.63) is 22.7 Å². The lowest BCUT2D eigenvalue weighted by molar-refractivity contribution is -0.145. The summed E-state index contributed by atoms with van der Waals surface area (Å²) in [5.41, 5.74) is -0.215. The molecule has 1 unspecified atom stereocenters. The van der Waals surface area contributed by atoms with Crippen LogP contribution in [0.1, 0.15) is 26.2 Å². The van der Waals surface area contributed by atoms with Crippen molar-refractivity contribution in [2.24, 2.45) is 0 Å². The molecule has 0 aromatic carbocycles. The van der Waals surface area contributed by atoms with E-state index in [1.807, 2.05) is 4.90 Å². The van der Waals surface area contributed by atoms with Gasteiger partial charge in [-0.2, -0.15) is 0 Å². The van der Waals surface area contributed by atoms with Crippen LogP contribution in [0.5, 0.6) is 0 Å². The van der Waals surface area contributed by atoms with Gasteiger partial charge in [-0.25, -0.2) is 9.78 Å². The molecule has 18 heavy (non-hydrogen) atoms. The van der Waals surface area contributed by atoms with E-state index in [1.165, 1.54) is 12.4 Å². The number of anilines is 1. The van der Waals surface area contributed by atoms with Crippen LogP contribution in [0.2, 0.25) is 0 Å². The van der Waals surface area contributed by atoms with Gasteiger partial charge in [0.25, 0.3) is 5.56 Å². The number of piperidine rings is 1. The van der Waals surface area contributed by atoms with Gasteiger partial charge in [0.2, 0.25) is 0 Å². The second-order valence-electron chi connectivity index (χ2n) is 4.23. The van der Waals surface area contributed by atoms with Crippen molar-refractivity contribution in [1.29, 1.82) is 0 Å². The summed E-state index contributed by atoms with van der Waals surface area (Å²) >= 11 is 0. The minimum absolute atomic E-state index is 0.215. The first-order valence-electron chi connectivity index (χ1n) is 6.20. The summed E-state index contributed by atoms with van der Waals surface area (Å²) in [5, 5.41) is 0. The van der Waals surface area contributed by atoms with Crippen molar-refractivity contribution in [3.63, 3.8) is 0 Å². The minimum Gasteiger partial charge on any atom is -0.464 e. The average molecular weight is 251 g/mol. The average Bonchev–Trinajstić information content (AvgIpc) is 2.39. The third-order valence-electron chi connectivity index (χ3n) is 3.02. The van der Waals surface area contributed by atoms with Gasteiger partial charge >= 0.3 is 5.97 Å². The predicted octanol–water partition coefficient (Wildman–Crippen LogP) is 0.692. The molecule has 1 N–H and O–H groups in total. The van der Waals surface area contributed by atoms with Gasteiger partial charge in [0.05, 0.1) is 12.9 Å². The molecule has 0 radical (unpaired) electrons. The molecule has 2 heterocycles. The molecule has 98 valence electrons. The van der Waals surface area contributed by atoms with E-state index >= 15 is 0 Å². The number of H-pyrrole nitrogens is 1. The number of nitrogens with one attached hydrogen (secondary N) is 1. The highest BCUT2D eigenvalue weighted by Crippen LogP contribution is 2.22. The first-order chi connectivity index (χ1) is 8.72. The van der Waals surface area contributed by atoms with Crippen LogP contribution in [-0.4, -0.2) is 35.1 Å². The van der Waals surface area contributed by atoms with Gasteiger partial charge in [0.1, 0.15) is 11.9 Å². The Morgan fingerprint density at radius 2 is 2.44 bits per heavy atom. The van der Waals surface area contributed by atoms with E-state index in [9.17, 15) is 9.59 Å². The van der Waals surface area contributed by atoms with E-state index < -0.39 is 0 Å². The van der Waals surface area contributed by atoms with Crippen LogP contribution < -0.4 is 10.5 Å². The lowest BCUT2D eigenvalue weighted by atomic mass is 10.0. The Balaban J connectivity index is 2.22. The molecule has 6 nitrogen and oxygen atoms in total. The molecule has 0 bridgehead atoms. The molecule has 2 rings (SSSR count). The van der Waals surface area contributed by atoms with Crippen molar-refractivity contribution < 1.29 is 9.53 Å². The van der Waals surface area contributed by atoms with Gasteiger partial charge in [-0.1, -0.05) is 0 Å². The van der Waals surface area contributed by atoms with E-state index in [0.29, 0.717) is 12.4 Å². The Morgan fingerprint density at radius 3 is 3.17 bits per heavy atom. The number of aromatic amines is 1. The monoisotopic (exact) mass is 251 g/mol. The van der Waals surface area contributed by atoms with Crippen molar-refractivity contribution in [2.75, 3.05) is 18.1 Å². The Labute approximate surface area is 105 Å². The number of hydrogen-bond acceptors (Lipinski definition) is 5. The standard InChI is InChI=1S/C12H17N3O3/c1-2-18-12(17)9-5-3-4-6-15(9)10-7-11(16)14-8-13-10/h7-9H,2-6H2,1H3,(H,13,14,16). The van der Waals surface area contributed by atoms with Gasteiger partial charge in [0.15, 0.2) is 0 Å². The van der Waals surface area contributed by atoms with Crippen LogP contribution in [0.4, 0.5) is 5.82 Å². The van der Waals surface area contributed by atoms with Crippen LogP contribution in [0, 0.1) is 0 Å². The second kappa shape index (κ2) is 5.66. The number of carbonyl (C=O) groups excluding carboxylic acids is 1. The number of ether oxygens (including phenoxy) is 1. The van der Waals surface area contributed by atoms with Crippen LogP contribution in [-0.2, 0) is 9.53 Å². The molecule has 0 amide bonds. The number of esters is 1. The fourth-order valence-electron chi connectivity index (χ4n) is 2.20. The fourth-order valence-corrected chi connectivity index (χ4v) is 2.20. The quantitative estimate of drug-likeness (QED) is 0.800. The largest absolute Gasteiger partial charge is 0.464 e. The molecule has 0 spiro atoms. The zero-order chi connectivity index (χ0) is 13.0. The normalized spacial score (nSPS) is 19.6. The lowest BCUT2D eigenvalue weighted by Gasteiger charge is -2.34. The molecule has 1 aromatic heterocycles. The summed E-state index contributed by atoms with van der Waals surface area (Å²) in [5.74, 6) is 0.302. The van der Waals surface area contributed by atoms with Crippen molar-refractivity contribution in [2.45, 2.75) is 32.2 Å². The molecular weight excluding hydrogens is 234 g/mol. The number of hydrogen-bond donors (Lipinski definition) is 1. The van der Waals surface area contributed by atoms with Gasteiger partial charge in [-0.05, 0) is 26.2 Å². The topological polar surface area (TPSA) is 75.3 Å². The van der Waals surface area contributed by atoms with Crippen LogP contribution >= 0.6 is 0 Å². The Hall–Kier alpha value is -1.85. The SMILES string of the molecule is CCOC(=O)C1CCCCN1c1cc(=O)[nH]cn1. The molecule has 1 saturated heterocycles. The number of nitrogens with zero attached hydrogens (tertiary/aromatic N) is 2. The van der Waals surface area contributed by atoms with E-state index in [1.54, 1.807) is 6.92 Å². The highest BCUT2D eigenvalue weighted by molar-refractivity contribution is 5.79. The smallest absolute Gasteiger partial charge is 0.328 e. The first-order valence-corrected chi connectivity index (χ1v) is 6.20. The highest BCUT2D eigenvalue weighted by atomic mass is 16.5. The summed E-state index contributed by atoms with van der Waals surface area (Å²) in [6.45, 7) is 2.88. The summed E-state index contributed by atoms with van der Waals surface area (Å²) in [4.78, 5) is 31.6. The number of rotatable bonds is 3. The van der Waals surface area contributed by atoms with E-state index in [-0.39, 0.29) is 17.6 Å². The predicted molar refractivity (Wildman–Crippen MR) is 66.5 cm³/mol. The number of aromatic nitrogens is 2. The Kier molecular flexibility index (Phi) is 3.96. The van der Waals surface area contributed by atoms with Crippen molar-refractivity contribution in [1.82, 2.24) is 9.97 Å². The zero-order valence-electron chi connectivity index (χ0n) is 10.4. The fraction of sp³-hybridized carbons (Fsp3) is 0.583. The lowest BCUT2D eigenvalue weighted by Crippen LogP contribution is -2.46. The van der Waals surface area contributed by atoms with Gasteiger partial charge in [-0.3, -0.25) is 4.79 Å². The molecule has 6 heteroatoms. The van der Waals surface area contributed by atoms with Crippen LogP contribution in [0.3, 0.4) is 0 Å². The van der Waals surface area contributed by atoms with Crippen molar-refractivity contribution >= 4 is 11.8 Å². The van der Waals surface area contributed by atoms with E-state index in [0.717, 1.165) is 25.8 Å². The van der Waals surface area contributed by atoms with Crippen LogP contribution in [0.15, 0.2) is 17.2 Å². The summed E-state index contributed by atoms with van der Waals surface area (Å²) in [7, 11) is 0. The molecule has 0 saturated carbocycles. The van der Waals surface area contributed by atoms with Gasteiger partial charge < -0.3 is 14.6 Å². The van der Waals surface area contributed by atoms with Gasteiger partial charge in [0, 0.05) is 12.6 Å². The molecule has 1 aliphatic heterocycles. The maximum atomic E-state index is 11.9. The molecule has 1 fully saturated rings. The Morgan fingerprint density at radius 1 is 1.61 bits per heavy atom. The summed E-state index contributed by atoms with van der Waals surface area (Å²) < 4.78 is 5.07. The Bertz CT molecular complexity index is 472. The summed E-state index contributed by atoms with van der Waals surface area (Å²) in [6.07, 6.45) is 4.08. The maximum absolute atomic E-state index is 11.9. The van der Waals surface area contributed by atoms with Crippen LogP contribution in [0.25, 0.3) is 0 Å². The third kappa shape index (κ3) is 2.69. The summed E-state index contributed by atoms with van der Waals surface area (Å²) in [6, 6.07) is 1.09. The zero-order valence-corrected chi connectivity index (χ0v) is 10.4. The van der Waals surface area contributed by atoms with Crippen molar-refractivity contribution in [3.8, 4) is 0 Å². The third-order valence-corrected chi connectivity index (χ3v) is 3.02. The molecule has 0 aliphatic carbocycles. The van der Waals surface area contributed by atoms with E-state index in [2.05, 4.69) is 9.97 Å². The molecule has 1 aliphatic rings. The molecule has 1 atom stereocenters. The maximum Gasteiger partial charge on any atom is 0.328 e. The highest BCUT2D eigenvalue weighted by Gasteiger charge is 2.30. The minimum atomic E-state index is -0.326. The molecular formula is C12H17N3O3. The van der Waals surface area contributed by atoms with E-state index in [4.69, 9.17) is 4.74 Å². The second-order valence-corrected chi connectivity index (χ2v) is 4.23.